The number of rotatable bonds is 6. The lowest BCUT2D eigenvalue weighted by Crippen LogP contribution is -2.43. The molecule has 0 radical (unpaired) electrons. The number of hydrogen-bond donors (Lipinski definition) is 2. The van der Waals surface area contributed by atoms with Gasteiger partial charge in [0.05, 0.1) is 7.11 Å². The van der Waals surface area contributed by atoms with Crippen LogP contribution in [0.3, 0.4) is 0 Å². The summed E-state index contributed by atoms with van der Waals surface area (Å²) in [5, 5.41) is 6.53. The zero-order chi connectivity index (χ0) is 17.5. The molecule has 2 fully saturated rings. The van der Waals surface area contributed by atoms with Gasteiger partial charge in [-0.2, -0.15) is 0 Å². The number of likely N-dealkylation sites (tertiary alicyclic amines) is 1. The largest absolute Gasteiger partial charge is 0.497 e. The first-order valence-corrected chi connectivity index (χ1v) is 9.58. The molecule has 1 aromatic rings. The fourth-order valence-electron chi connectivity index (χ4n) is 3.88. The predicted octanol–water partition coefficient (Wildman–Crippen LogP) is 2.44. The second-order valence-electron chi connectivity index (χ2n) is 7.33. The summed E-state index contributed by atoms with van der Waals surface area (Å²) in [6, 6.07) is 7.86. The highest BCUT2D eigenvalue weighted by atomic mass is 35.5. The van der Waals surface area contributed by atoms with Crippen LogP contribution in [0.1, 0.15) is 31.2 Å². The van der Waals surface area contributed by atoms with E-state index in [-0.39, 0.29) is 24.2 Å². The Labute approximate surface area is 163 Å². The summed E-state index contributed by atoms with van der Waals surface area (Å²) in [7, 11) is 1.66. The average molecular weight is 382 g/mol. The normalized spacial score (nSPS) is 19.6. The van der Waals surface area contributed by atoms with Crippen molar-refractivity contribution in [2.24, 2.45) is 11.8 Å². The zero-order valence-electron chi connectivity index (χ0n) is 15.7. The molecule has 6 heteroatoms. The van der Waals surface area contributed by atoms with Gasteiger partial charge in [-0.05, 0) is 75.5 Å². The first-order valence-electron chi connectivity index (χ1n) is 9.58. The third kappa shape index (κ3) is 6.15. The Morgan fingerprint density at radius 2 is 1.81 bits per heavy atom. The summed E-state index contributed by atoms with van der Waals surface area (Å²) in [6.45, 7) is 6.25. The molecule has 5 nitrogen and oxygen atoms in total. The van der Waals surface area contributed by atoms with E-state index in [2.05, 4.69) is 15.5 Å². The molecule has 0 aromatic heterocycles. The minimum atomic E-state index is 0. The van der Waals surface area contributed by atoms with Crippen molar-refractivity contribution in [2.45, 2.75) is 32.2 Å². The molecule has 2 heterocycles. The minimum absolute atomic E-state index is 0. The second kappa shape index (κ2) is 10.8. The molecule has 2 aliphatic heterocycles. The fraction of sp³-hybridized carbons (Fsp3) is 0.650. The quantitative estimate of drug-likeness (QED) is 0.794. The van der Waals surface area contributed by atoms with Crippen LogP contribution in [0.15, 0.2) is 24.3 Å². The van der Waals surface area contributed by atoms with Crippen LogP contribution < -0.4 is 15.4 Å². The number of benzene rings is 1. The van der Waals surface area contributed by atoms with Crippen LogP contribution in [0.25, 0.3) is 0 Å². The van der Waals surface area contributed by atoms with Gasteiger partial charge < -0.3 is 20.3 Å². The van der Waals surface area contributed by atoms with Crippen LogP contribution in [-0.2, 0) is 11.3 Å². The third-order valence-electron chi connectivity index (χ3n) is 5.56. The van der Waals surface area contributed by atoms with E-state index in [4.69, 9.17) is 4.74 Å². The van der Waals surface area contributed by atoms with Gasteiger partial charge in [-0.25, -0.2) is 0 Å². The molecule has 146 valence electrons. The van der Waals surface area contributed by atoms with E-state index in [9.17, 15) is 4.79 Å². The lowest BCUT2D eigenvalue weighted by molar-refractivity contribution is -0.126. The van der Waals surface area contributed by atoms with E-state index >= 15 is 0 Å². The molecule has 0 aliphatic carbocycles. The van der Waals surface area contributed by atoms with Crippen molar-refractivity contribution < 1.29 is 9.53 Å². The molecule has 0 atom stereocenters. The number of piperidine rings is 2. The number of nitrogens with zero attached hydrogens (tertiary/aromatic N) is 1. The molecule has 0 saturated carbocycles. The summed E-state index contributed by atoms with van der Waals surface area (Å²) < 4.78 is 5.16. The zero-order valence-corrected chi connectivity index (χ0v) is 16.5. The van der Waals surface area contributed by atoms with Gasteiger partial charge in [-0.3, -0.25) is 4.79 Å². The minimum Gasteiger partial charge on any atom is -0.497 e. The monoisotopic (exact) mass is 381 g/mol. The number of amides is 1. The lowest BCUT2D eigenvalue weighted by atomic mass is 9.93. The Kier molecular flexibility index (Phi) is 8.69. The van der Waals surface area contributed by atoms with Crippen LogP contribution in [-0.4, -0.2) is 50.6 Å². The number of methoxy groups -OCH3 is 1. The molecule has 26 heavy (non-hydrogen) atoms. The number of carbonyl (C=O) groups excluding carboxylic acids is 1. The summed E-state index contributed by atoms with van der Waals surface area (Å²) in [6.07, 6.45) is 4.56. The second-order valence-corrected chi connectivity index (χ2v) is 7.33. The molecule has 3 rings (SSSR count). The number of carbonyl (C=O) groups is 1. The molecule has 2 saturated heterocycles. The molecule has 1 aromatic carbocycles. The summed E-state index contributed by atoms with van der Waals surface area (Å²) in [5.41, 5.74) is 1.11. The maximum atomic E-state index is 12.4. The number of halogens is 1. The molecule has 1 amide bonds. The van der Waals surface area contributed by atoms with Gasteiger partial charge >= 0.3 is 0 Å². The molecule has 0 bridgehead atoms. The van der Waals surface area contributed by atoms with Crippen molar-refractivity contribution in [3.05, 3.63) is 29.8 Å². The van der Waals surface area contributed by atoms with Gasteiger partial charge in [0.15, 0.2) is 0 Å². The average Bonchev–Trinajstić information content (AvgIpc) is 2.68. The highest BCUT2D eigenvalue weighted by molar-refractivity contribution is 5.85. The van der Waals surface area contributed by atoms with Gasteiger partial charge in [0.1, 0.15) is 5.75 Å². The standard InChI is InChI=1S/C20H31N3O2.ClH/c1-25-19-4-2-16(3-5-19)14-22-20(24)18-8-12-23(13-9-18)15-17-6-10-21-11-7-17;/h2-5,17-18,21H,6-15H2,1H3,(H,22,24);1H. The Balaban J connectivity index is 0.00000243. The van der Waals surface area contributed by atoms with Crippen LogP contribution in [0, 0.1) is 11.8 Å². The van der Waals surface area contributed by atoms with Gasteiger partial charge in [0.25, 0.3) is 0 Å². The van der Waals surface area contributed by atoms with Crippen molar-refractivity contribution in [1.82, 2.24) is 15.5 Å². The molecule has 0 spiro atoms. The highest BCUT2D eigenvalue weighted by Crippen LogP contribution is 2.21. The van der Waals surface area contributed by atoms with Crippen molar-refractivity contribution in [3.8, 4) is 5.75 Å². The van der Waals surface area contributed by atoms with E-state index < -0.39 is 0 Å². The first-order chi connectivity index (χ1) is 12.2. The topological polar surface area (TPSA) is 53.6 Å². The Morgan fingerprint density at radius 3 is 2.42 bits per heavy atom. The highest BCUT2D eigenvalue weighted by Gasteiger charge is 2.26. The van der Waals surface area contributed by atoms with Crippen molar-refractivity contribution in [1.29, 1.82) is 0 Å². The smallest absolute Gasteiger partial charge is 0.223 e. The van der Waals surface area contributed by atoms with Crippen LogP contribution in [0.5, 0.6) is 5.75 Å². The van der Waals surface area contributed by atoms with E-state index in [0.717, 1.165) is 56.3 Å². The van der Waals surface area contributed by atoms with Crippen molar-refractivity contribution in [3.63, 3.8) is 0 Å². The van der Waals surface area contributed by atoms with E-state index in [1.165, 1.54) is 19.4 Å². The first kappa shape index (κ1) is 21.0. The number of ether oxygens (including phenoxy) is 1. The Morgan fingerprint density at radius 1 is 1.15 bits per heavy atom. The van der Waals surface area contributed by atoms with E-state index in [0.29, 0.717) is 6.54 Å². The molecule has 0 unspecified atom stereocenters. The SMILES string of the molecule is COc1ccc(CNC(=O)C2CCN(CC3CCNCC3)CC2)cc1.Cl. The Hall–Kier alpha value is -1.30. The Bertz CT molecular complexity index is 538. The molecule has 2 N–H and O–H groups in total. The molecular formula is C20H32ClN3O2. The maximum absolute atomic E-state index is 12.4. The van der Waals surface area contributed by atoms with Gasteiger partial charge in [-0.15, -0.1) is 12.4 Å². The van der Waals surface area contributed by atoms with Gasteiger partial charge in [0, 0.05) is 19.0 Å². The van der Waals surface area contributed by atoms with Crippen molar-refractivity contribution in [2.75, 3.05) is 39.8 Å². The predicted molar refractivity (Wildman–Crippen MR) is 107 cm³/mol. The van der Waals surface area contributed by atoms with Crippen LogP contribution in [0.4, 0.5) is 0 Å². The van der Waals surface area contributed by atoms with Crippen LogP contribution in [0.2, 0.25) is 0 Å². The fourth-order valence-corrected chi connectivity index (χ4v) is 3.88. The number of hydrogen-bond acceptors (Lipinski definition) is 4. The molecule has 2 aliphatic rings. The maximum Gasteiger partial charge on any atom is 0.223 e. The lowest BCUT2D eigenvalue weighted by Gasteiger charge is -2.35. The molecular weight excluding hydrogens is 350 g/mol. The van der Waals surface area contributed by atoms with E-state index in [1.54, 1.807) is 7.11 Å². The van der Waals surface area contributed by atoms with Gasteiger partial charge in [0.2, 0.25) is 5.91 Å². The van der Waals surface area contributed by atoms with Crippen LogP contribution >= 0.6 is 12.4 Å². The number of nitrogens with one attached hydrogen (secondary N) is 2. The summed E-state index contributed by atoms with van der Waals surface area (Å²) >= 11 is 0. The van der Waals surface area contributed by atoms with E-state index in [1.807, 2.05) is 24.3 Å². The summed E-state index contributed by atoms with van der Waals surface area (Å²) in [4.78, 5) is 15.0. The van der Waals surface area contributed by atoms with Gasteiger partial charge in [-0.1, -0.05) is 12.1 Å². The van der Waals surface area contributed by atoms with Crippen molar-refractivity contribution >= 4 is 18.3 Å². The third-order valence-corrected chi connectivity index (χ3v) is 5.56. The summed E-state index contributed by atoms with van der Waals surface area (Å²) in [5.74, 6) is 2.05.